The maximum Gasteiger partial charge on any atom is 0.265 e. The summed E-state index contributed by atoms with van der Waals surface area (Å²) in [5.41, 5.74) is 5.55. The van der Waals surface area contributed by atoms with Gasteiger partial charge < -0.3 is 15.5 Å². The van der Waals surface area contributed by atoms with Crippen molar-refractivity contribution in [3.05, 3.63) is 30.1 Å². The summed E-state index contributed by atoms with van der Waals surface area (Å²) in [6.07, 6.45) is 0.0661. The molecule has 0 aliphatic carbocycles. The van der Waals surface area contributed by atoms with Gasteiger partial charge >= 0.3 is 0 Å². The van der Waals surface area contributed by atoms with E-state index in [2.05, 4.69) is 25.7 Å². The van der Waals surface area contributed by atoms with Crippen LogP contribution in [0.2, 0.25) is 0 Å². The molecule has 0 spiro atoms. The monoisotopic (exact) mass is 552 g/mol. The Bertz CT molecular complexity index is 1290. The van der Waals surface area contributed by atoms with Gasteiger partial charge in [-0.05, 0) is 52.3 Å². The second-order valence-corrected chi connectivity index (χ2v) is 9.09. The normalized spacial score (nSPS) is 14.1. The molecule has 1 saturated heterocycles. The van der Waals surface area contributed by atoms with Gasteiger partial charge in [-0.1, -0.05) is 0 Å². The highest BCUT2D eigenvalue weighted by molar-refractivity contribution is 5.88. The Labute approximate surface area is 225 Å². The van der Waals surface area contributed by atoms with Crippen molar-refractivity contribution in [2.45, 2.75) is 59.8 Å². The lowest BCUT2D eigenvalue weighted by molar-refractivity contribution is -0.139. The Morgan fingerprint density at radius 3 is 2.26 bits per heavy atom. The van der Waals surface area contributed by atoms with Gasteiger partial charge in [0.25, 0.3) is 5.92 Å². The molecule has 3 aromatic rings. The smallest absolute Gasteiger partial charge is 0.265 e. The number of alkyl halides is 4. The van der Waals surface area contributed by atoms with Gasteiger partial charge in [-0.25, -0.2) is 22.1 Å². The second kappa shape index (κ2) is 13.9. The number of rotatable bonds is 4. The van der Waals surface area contributed by atoms with Crippen LogP contribution in [-0.4, -0.2) is 75.6 Å². The summed E-state index contributed by atoms with van der Waals surface area (Å²) in [6.45, 7) is 8.15. The molecule has 0 bridgehead atoms. The predicted octanol–water partition coefficient (Wildman–Crippen LogP) is 5.83. The lowest BCUT2D eigenvalue weighted by Gasteiger charge is -2.31. The highest BCUT2D eigenvalue weighted by atomic mass is 19.3. The molecule has 4 rings (SSSR count). The first-order valence-corrected chi connectivity index (χ1v) is 12.4. The van der Waals surface area contributed by atoms with Crippen LogP contribution in [0, 0.1) is 6.92 Å². The van der Waals surface area contributed by atoms with E-state index in [9.17, 15) is 22.4 Å². The minimum Gasteiger partial charge on any atom is -0.371 e. The van der Waals surface area contributed by atoms with Crippen LogP contribution >= 0.6 is 0 Å². The number of piperidine rings is 1. The number of anilines is 2. The molecular formula is C26H36F4N8O. The highest BCUT2D eigenvalue weighted by Gasteiger charge is 2.35. The number of nitrogens with one attached hydrogen (secondary N) is 2. The standard InChI is InChI=1S/C17H21N7.C7H11F2NO.C2H4F2/c1-10(2)20-13-6-7-14(21-11(13)3)12-8-9-24-15(12)16(18-4)22-17(19-5)23-24;1-6(11)10-4-2-3-7(8,9)5-10;1-2(3)4/h6-9H,1-5H3,(H2,18,19,22,23);2-5H2,1H3;2H,1H3. The SMILES string of the molecule is CC(=O)N1CCCC(F)(F)C1.CC(F)F.CNc1nc(NC)c2c(-c3ccc(N=C(C)C)c(C)n3)ccn2n1. The molecule has 214 valence electrons. The van der Waals surface area contributed by atoms with Crippen LogP contribution in [0.5, 0.6) is 0 Å². The second-order valence-electron chi connectivity index (χ2n) is 9.09. The van der Waals surface area contributed by atoms with E-state index in [4.69, 9.17) is 4.98 Å². The van der Waals surface area contributed by atoms with Crippen molar-refractivity contribution < 1.29 is 22.4 Å². The number of likely N-dealkylation sites (tertiary alicyclic amines) is 1. The molecule has 1 aliphatic rings. The predicted molar refractivity (Wildman–Crippen MR) is 147 cm³/mol. The van der Waals surface area contributed by atoms with Crippen molar-refractivity contribution in [2.75, 3.05) is 37.8 Å². The van der Waals surface area contributed by atoms with Gasteiger partial charge in [-0.3, -0.25) is 14.8 Å². The number of aryl methyl sites for hydroxylation is 1. The summed E-state index contributed by atoms with van der Waals surface area (Å²) < 4.78 is 47.7. The largest absolute Gasteiger partial charge is 0.371 e. The number of nitrogens with zero attached hydrogens (tertiary/aromatic N) is 6. The Morgan fingerprint density at radius 2 is 1.77 bits per heavy atom. The first-order valence-electron chi connectivity index (χ1n) is 12.4. The molecule has 0 saturated carbocycles. The summed E-state index contributed by atoms with van der Waals surface area (Å²) in [5, 5.41) is 10.5. The van der Waals surface area contributed by atoms with Gasteiger partial charge in [0.05, 0.1) is 23.6 Å². The van der Waals surface area contributed by atoms with Crippen LogP contribution in [0.4, 0.5) is 35.0 Å². The van der Waals surface area contributed by atoms with Crippen LogP contribution in [0.25, 0.3) is 16.8 Å². The van der Waals surface area contributed by atoms with Crippen LogP contribution in [0.1, 0.15) is 46.2 Å². The maximum absolute atomic E-state index is 12.6. The van der Waals surface area contributed by atoms with Crippen molar-refractivity contribution in [3.63, 3.8) is 0 Å². The zero-order chi connectivity index (χ0) is 29.3. The van der Waals surface area contributed by atoms with Gasteiger partial charge in [-0.2, -0.15) is 4.98 Å². The lowest BCUT2D eigenvalue weighted by atomic mass is 10.1. The topological polar surface area (TPSA) is 99.8 Å². The van der Waals surface area contributed by atoms with Gasteiger partial charge in [-0.15, -0.1) is 5.10 Å². The number of aliphatic imine (C=N–C) groups is 1. The molecule has 0 aromatic carbocycles. The van der Waals surface area contributed by atoms with E-state index in [-0.39, 0.29) is 12.3 Å². The number of pyridine rings is 1. The van der Waals surface area contributed by atoms with Crippen molar-refractivity contribution in [2.24, 2.45) is 4.99 Å². The number of hydrogen-bond donors (Lipinski definition) is 2. The minimum absolute atomic E-state index is 0.0865. The summed E-state index contributed by atoms with van der Waals surface area (Å²) in [5.74, 6) is -1.62. The Morgan fingerprint density at radius 1 is 1.10 bits per heavy atom. The molecule has 0 atom stereocenters. The number of hydrogen-bond acceptors (Lipinski definition) is 7. The zero-order valence-electron chi connectivity index (χ0n) is 23.3. The van der Waals surface area contributed by atoms with Crippen molar-refractivity contribution in [1.82, 2.24) is 24.5 Å². The Balaban J connectivity index is 0.000000295. The molecule has 1 fully saturated rings. The maximum atomic E-state index is 12.6. The number of fused-ring (bicyclic) bond motifs is 1. The van der Waals surface area contributed by atoms with E-state index in [0.29, 0.717) is 18.9 Å². The molecule has 1 aliphatic heterocycles. The van der Waals surface area contributed by atoms with Crippen molar-refractivity contribution in [1.29, 1.82) is 0 Å². The van der Waals surface area contributed by atoms with Gasteiger partial charge in [0.15, 0.2) is 5.82 Å². The number of carbonyl (C=O) groups is 1. The van der Waals surface area contributed by atoms with Crippen molar-refractivity contribution >= 4 is 34.6 Å². The molecule has 1 amide bonds. The average molecular weight is 553 g/mol. The molecule has 39 heavy (non-hydrogen) atoms. The molecule has 4 heterocycles. The first kappa shape index (κ1) is 31.4. The quantitative estimate of drug-likeness (QED) is 0.312. The number of carbonyl (C=O) groups excluding carboxylic acids is 1. The van der Waals surface area contributed by atoms with Gasteiger partial charge in [0.1, 0.15) is 5.52 Å². The molecule has 0 unspecified atom stereocenters. The van der Waals surface area contributed by atoms with Crippen LogP contribution in [0.15, 0.2) is 29.4 Å². The molecule has 2 N–H and O–H groups in total. The summed E-state index contributed by atoms with van der Waals surface area (Å²) in [6, 6.07) is 5.98. The fourth-order valence-electron chi connectivity index (χ4n) is 3.81. The number of amides is 1. The van der Waals surface area contributed by atoms with E-state index >= 15 is 0 Å². The lowest BCUT2D eigenvalue weighted by Crippen LogP contribution is -2.44. The summed E-state index contributed by atoms with van der Waals surface area (Å²) in [7, 11) is 3.64. The molecule has 0 radical (unpaired) electrons. The summed E-state index contributed by atoms with van der Waals surface area (Å²) in [4.78, 5) is 25.6. The van der Waals surface area contributed by atoms with E-state index in [1.54, 1.807) is 11.6 Å². The van der Waals surface area contributed by atoms with Gasteiger partial charge in [0.2, 0.25) is 18.3 Å². The highest BCUT2D eigenvalue weighted by Crippen LogP contribution is 2.31. The Kier molecular flexibility index (Phi) is 11.2. The van der Waals surface area contributed by atoms with Crippen LogP contribution < -0.4 is 10.6 Å². The van der Waals surface area contributed by atoms with Crippen LogP contribution in [0.3, 0.4) is 0 Å². The molecule has 13 heteroatoms. The fourth-order valence-corrected chi connectivity index (χ4v) is 3.81. The third-order valence-electron chi connectivity index (χ3n) is 5.49. The van der Waals surface area contributed by atoms with E-state index in [0.717, 1.165) is 46.6 Å². The van der Waals surface area contributed by atoms with E-state index in [1.165, 1.54) is 11.8 Å². The molecular weight excluding hydrogens is 516 g/mol. The third-order valence-corrected chi connectivity index (χ3v) is 5.49. The van der Waals surface area contributed by atoms with Crippen molar-refractivity contribution in [3.8, 4) is 11.3 Å². The van der Waals surface area contributed by atoms with Crippen LogP contribution in [-0.2, 0) is 4.79 Å². The first-order chi connectivity index (χ1) is 18.3. The molecule has 3 aromatic heterocycles. The van der Waals surface area contributed by atoms with E-state index < -0.39 is 18.9 Å². The van der Waals surface area contributed by atoms with E-state index in [1.807, 2.05) is 52.2 Å². The van der Waals surface area contributed by atoms with Gasteiger partial charge in [0, 0.05) is 51.5 Å². The summed E-state index contributed by atoms with van der Waals surface area (Å²) >= 11 is 0. The zero-order valence-corrected chi connectivity index (χ0v) is 23.3. The Hall–Kier alpha value is -3.77. The fraction of sp³-hybridized carbons (Fsp3) is 0.500. The molecule has 9 nitrogen and oxygen atoms in total. The average Bonchev–Trinajstić information content (AvgIpc) is 3.28. The number of halogens is 4. The third kappa shape index (κ3) is 9.18. The minimum atomic E-state index is -2.66. The number of aromatic nitrogens is 4.